The Morgan fingerprint density at radius 3 is 2.48 bits per heavy atom. The predicted molar refractivity (Wildman–Crippen MR) is 73.1 cm³/mol. The maximum Gasteiger partial charge on any atom is 0.416 e. The van der Waals surface area contributed by atoms with Gasteiger partial charge in [0, 0.05) is 11.1 Å². The SMILES string of the molecule is Cc1ccc(Oc2cc(Cl)ccc2C=O)cc1C(F)(F)F. The zero-order valence-electron chi connectivity index (χ0n) is 10.9. The molecule has 21 heavy (non-hydrogen) atoms. The standard InChI is InChI=1S/C15H10ClF3O2/c1-9-2-5-12(7-13(9)15(17,18)19)21-14-6-11(16)4-3-10(14)8-20/h2-8H,1H3. The van der Waals surface area contributed by atoms with E-state index in [4.69, 9.17) is 16.3 Å². The topological polar surface area (TPSA) is 26.3 Å². The van der Waals surface area contributed by atoms with Crippen LogP contribution in [-0.2, 0) is 6.18 Å². The number of hydrogen-bond acceptors (Lipinski definition) is 2. The summed E-state index contributed by atoms with van der Waals surface area (Å²) >= 11 is 5.79. The Balaban J connectivity index is 2.41. The van der Waals surface area contributed by atoms with E-state index in [2.05, 4.69) is 0 Å². The summed E-state index contributed by atoms with van der Waals surface area (Å²) < 4.78 is 43.9. The molecule has 2 aromatic carbocycles. The Kier molecular flexibility index (Phi) is 4.23. The number of aryl methyl sites for hydroxylation is 1. The second-order valence-electron chi connectivity index (χ2n) is 4.38. The molecule has 0 aliphatic rings. The number of carbonyl (C=O) groups is 1. The first-order valence-corrected chi connectivity index (χ1v) is 6.29. The van der Waals surface area contributed by atoms with Crippen LogP contribution in [0.3, 0.4) is 0 Å². The number of aldehydes is 1. The highest BCUT2D eigenvalue weighted by atomic mass is 35.5. The Bertz CT molecular complexity index is 681. The molecule has 2 nitrogen and oxygen atoms in total. The Hall–Kier alpha value is -2.01. The molecular formula is C15H10ClF3O2. The monoisotopic (exact) mass is 314 g/mol. The fourth-order valence-electron chi connectivity index (χ4n) is 1.79. The van der Waals surface area contributed by atoms with Crippen LogP contribution in [0.25, 0.3) is 0 Å². The summed E-state index contributed by atoms with van der Waals surface area (Å²) in [7, 11) is 0. The highest BCUT2D eigenvalue weighted by molar-refractivity contribution is 6.30. The highest BCUT2D eigenvalue weighted by Crippen LogP contribution is 2.36. The lowest BCUT2D eigenvalue weighted by Gasteiger charge is -2.13. The van der Waals surface area contributed by atoms with Gasteiger partial charge in [0.25, 0.3) is 0 Å². The minimum absolute atomic E-state index is 0.0155. The van der Waals surface area contributed by atoms with Gasteiger partial charge in [0.05, 0.1) is 11.1 Å². The smallest absolute Gasteiger partial charge is 0.416 e. The van der Waals surface area contributed by atoms with Gasteiger partial charge in [-0.25, -0.2) is 0 Å². The van der Waals surface area contributed by atoms with Crippen molar-refractivity contribution in [2.75, 3.05) is 0 Å². The van der Waals surface area contributed by atoms with Crippen LogP contribution in [0.4, 0.5) is 13.2 Å². The minimum atomic E-state index is -4.47. The van der Waals surface area contributed by atoms with Gasteiger partial charge in [-0.3, -0.25) is 4.79 Å². The molecule has 0 atom stereocenters. The molecule has 2 rings (SSSR count). The van der Waals surface area contributed by atoms with Gasteiger partial charge in [0.1, 0.15) is 11.5 Å². The molecule has 6 heteroatoms. The van der Waals surface area contributed by atoms with Crippen molar-refractivity contribution in [2.45, 2.75) is 13.1 Å². The number of rotatable bonds is 3. The molecule has 0 heterocycles. The van der Waals surface area contributed by atoms with E-state index in [1.807, 2.05) is 0 Å². The van der Waals surface area contributed by atoms with Crippen molar-refractivity contribution >= 4 is 17.9 Å². The summed E-state index contributed by atoms with van der Waals surface area (Å²) in [5.41, 5.74) is -0.486. The van der Waals surface area contributed by atoms with Crippen molar-refractivity contribution in [1.29, 1.82) is 0 Å². The molecule has 0 saturated carbocycles. The zero-order chi connectivity index (χ0) is 15.6. The normalized spacial score (nSPS) is 11.3. The molecule has 0 radical (unpaired) electrons. The molecule has 0 aliphatic heterocycles. The molecular weight excluding hydrogens is 305 g/mol. The summed E-state index contributed by atoms with van der Waals surface area (Å²) in [6.07, 6.45) is -3.92. The van der Waals surface area contributed by atoms with Crippen LogP contribution in [0, 0.1) is 6.92 Å². The maximum atomic E-state index is 12.8. The van der Waals surface area contributed by atoms with Crippen molar-refractivity contribution in [3.8, 4) is 11.5 Å². The lowest BCUT2D eigenvalue weighted by molar-refractivity contribution is -0.138. The predicted octanol–water partition coefficient (Wildman–Crippen LogP) is 5.27. The van der Waals surface area contributed by atoms with Crippen LogP contribution >= 0.6 is 11.6 Å². The molecule has 0 spiro atoms. The molecule has 0 aliphatic carbocycles. The van der Waals surface area contributed by atoms with E-state index in [-0.39, 0.29) is 22.6 Å². The third-order valence-electron chi connectivity index (χ3n) is 2.84. The molecule has 0 N–H and O–H groups in total. The van der Waals surface area contributed by atoms with E-state index in [1.165, 1.54) is 37.3 Å². The number of benzene rings is 2. The summed E-state index contributed by atoms with van der Waals surface area (Å²) in [5, 5.41) is 0.318. The molecule has 0 fully saturated rings. The van der Waals surface area contributed by atoms with Crippen LogP contribution in [0.2, 0.25) is 5.02 Å². The van der Waals surface area contributed by atoms with Crippen molar-refractivity contribution in [2.24, 2.45) is 0 Å². The summed E-state index contributed by atoms with van der Waals surface area (Å²) in [6, 6.07) is 7.91. The van der Waals surface area contributed by atoms with Crippen LogP contribution < -0.4 is 4.74 Å². The molecule has 0 saturated heterocycles. The largest absolute Gasteiger partial charge is 0.457 e. The first-order chi connectivity index (χ1) is 9.81. The van der Waals surface area contributed by atoms with Crippen LogP contribution in [0.1, 0.15) is 21.5 Å². The molecule has 2 aromatic rings. The van der Waals surface area contributed by atoms with Gasteiger partial charge in [0.2, 0.25) is 0 Å². The van der Waals surface area contributed by atoms with Crippen molar-refractivity contribution in [3.63, 3.8) is 0 Å². The van der Waals surface area contributed by atoms with Gasteiger partial charge in [0.15, 0.2) is 6.29 Å². The molecule has 110 valence electrons. The number of alkyl halides is 3. The van der Waals surface area contributed by atoms with Crippen LogP contribution in [0.5, 0.6) is 11.5 Å². The van der Waals surface area contributed by atoms with E-state index in [0.29, 0.717) is 11.3 Å². The lowest BCUT2D eigenvalue weighted by Crippen LogP contribution is -2.07. The van der Waals surface area contributed by atoms with Gasteiger partial charge in [-0.1, -0.05) is 17.7 Å². The van der Waals surface area contributed by atoms with E-state index in [1.54, 1.807) is 0 Å². The lowest BCUT2D eigenvalue weighted by atomic mass is 10.1. The van der Waals surface area contributed by atoms with Gasteiger partial charge in [-0.05, 0) is 36.8 Å². The first kappa shape index (κ1) is 15.4. The maximum absolute atomic E-state index is 12.8. The van der Waals surface area contributed by atoms with Gasteiger partial charge in [-0.15, -0.1) is 0 Å². The van der Waals surface area contributed by atoms with Gasteiger partial charge < -0.3 is 4.74 Å². The summed E-state index contributed by atoms with van der Waals surface area (Å²) in [4.78, 5) is 10.9. The molecule has 0 unspecified atom stereocenters. The fourth-order valence-corrected chi connectivity index (χ4v) is 1.95. The zero-order valence-corrected chi connectivity index (χ0v) is 11.6. The second kappa shape index (κ2) is 5.77. The van der Waals surface area contributed by atoms with E-state index >= 15 is 0 Å². The minimum Gasteiger partial charge on any atom is -0.457 e. The Morgan fingerprint density at radius 2 is 1.86 bits per heavy atom. The van der Waals surface area contributed by atoms with E-state index < -0.39 is 11.7 Å². The van der Waals surface area contributed by atoms with Crippen molar-refractivity contribution in [1.82, 2.24) is 0 Å². The first-order valence-electron chi connectivity index (χ1n) is 5.91. The number of hydrogen-bond donors (Lipinski definition) is 0. The third-order valence-corrected chi connectivity index (χ3v) is 3.08. The third kappa shape index (κ3) is 3.55. The van der Waals surface area contributed by atoms with Crippen molar-refractivity contribution < 1.29 is 22.7 Å². The summed E-state index contributed by atoms with van der Waals surface area (Å²) in [6.45, 7) is 1.36. The van der Waals surface area contributed by atoms with Crippen molar-refractivity contribution in [3.05, 3.63) is 58.1 Å². The highest BCUT2D eigenvalue weighted by Gasteiger charge is 2.32. The average Bonchev–Trinajstić information content (AvgIpc) is 2.40. The number of carbonyl (C=O) groups excluding carboxylic acids is 1. The van der Waals surface area contributed by atoms with E-state index in [9.17, 15) is 18.0 Å². The second-order valence-corrected chi connectivity index (χ2v) is 4.81. The fraction of sp³-hybridized carbons (Fsp3) is 0.133. The average molecular weight is 315 g/mol. The van der Waals surface area contributed by atoms with Crippen LogP contribution in [0.15, 0.2) is 36.4 Å². The quantitative estimate of drug-likeness (QED) is 0.721. The Labute approximate surface area is 124 Å². The number of ether oxygens (including phenoxy) is 1. The van der Waals surface area contributed by atoms with Crippen LogP contribution in [-0.4, -0.2) is 6.29 Å². The molecule has 0 bridgehead atoms. The van der Waals surface area contributed by atoms with Gasteiger partial charge >= 0.3 is 6.18 Å². The number of halogens is 4. The molecule has 0 amide bonds. The van der Waals surface area contributed by atoms with Gasteiger partial charge in [-0.2, -0.15) is 13.2 Å². The van der Waals surface area contributed by atoms with E-state index in [0.717, 1.165) is 6.07 Å². The Morgan fingerprint density at radius 1 is 1.14 bits per heavy atom. The molecule has 0 aromatic heterocycles. The summed E-state index contributed by atoms with van der Waals surface area (Å²) in [5.74, 6) is 0.0905.